The Bertz CT molecular complexity index is 185. The molecule has 0 aliphatic carbocycles. The van der Waals surface area contributed by atoms with Crippen molar-refractivity contribution in [2.75, 3.05) is 20.3 Å². The Kier molecular flexibility index (Phi) is 3.27. The van der Waals surface area contributed by atoms with Crippen molar-refractivity contribution < 1.29 is 14.4 Å². The Morgan fingerprint density at radius 2 is 2.31 bits per heavy atom. The molecular formula is C9H17NO3. The van der Waals surface area contributed by atoms with Gasteiger partial charge in [-0.15, -0.1) is 0 Å². The van der Waals surface area contributed by atoms with Crippen molar-refractivity contribution in [2.24, 2.45) is 0 Å². The fraction of sp³-hybridized carbons (Fsp3) is 0.889. The predicted octanol–water partition coefficient (Wildman–Crippen LogP) is 0.965. The lowest BCUT2D eigenvalue weighted by Gasteiger charge is -2.24. The molecule has 0 radical (unpaired) electrons. The Morgan fingerprint density at radius 3 is 2.77 bits per heavy atom. The van der Waals surface area contributed by atoms with Crippen molar-refractivity contribution in [3.8, 4) is 0 Å². The van der Waals surface area contributed by atoms with Crippen molar-refractivity contribution in [2.45, 2.75) is 32.3 Å². The maximum absolute atomic E-state index is 11.5. The van der Waals surface area contributed by atoms with Crippen molar-refractivity contribution in [1.29, 1.82) is 0 Å². The molecule has 1 aliphatic heterocycles. The van der Waals surface area contributed by atoms with Gasteiger partial charge >= 0.3 is 0 Å². The monoisotopic (exact) mass is 187 g/mol. The Labute approximate surface area is 78.8 Å². The van der Waals surface area contributed by atoms with Crippen LogP contribution in [-0.2, 0) is 14.4 Å². The van der Waals surface area contributed by atoms with Gasteiger partial charge in [0.05, 0.1) is 25.2 Å². The molecule has 0 aromatic carbocycles. The quantitative estimate of drug-likeness (QED) is 0.660. The SMILES string of the molecule is COC(C)(C)CC(=O)N1CCCO1. The Hall–Kier alpha value is -0.610. The third-order valence-corrected chi connectivity index (χ3v) is 2.16. The molecule has 76 valence electrons. The van der Waals surface area contributed by atoms with E-state index in [9.17, 15) is 4.79 Å². The molecule has 0 saturated carbocycles. The smallest absolute Gasteiger partial charge is 0.248 e. The average molecular weight is 187 g/mol. The van der Waals surface area contributed by atoms with E-state index in [-0.39, 0.29) is 5.91 Å². The lowest BCUT2D eigenvalue weighted by atomic mass is 10.1. The largest absolute Gasteiger partial charge is 0.378 e. The molecule has 4 heteroatoms. The number of hydrogen-bond donors (Lipinski definition) is 0. The first-order valence-electron chi connectivity index (χ1n) is 4.53. The minimum absolute atomic E-state index is 0.00403. The molecule has 1 rings (SSSR count). The van der Waals surface area contributed by atoms with E-state index in [1.54, 1.807) is 7.11 Å². The van der Waals surface area contributed by atoms with Crippen LogP contribution in [0.25, 0.3) is 0 Å². The van der Waals surface area contributed by atoms with Crippen LogP contribution < -0.4 is 0 Å². The number of hydrogen-bond acceptors (Lipinski definition) is 3. The summed E-state index contributed by atoms with van der Waals surface area (Å²) in [5.74, 6) is 0.00403. The molecule has 1 saturated heterocycles. The van der Waals surface area contributed by atoms with Crippen LogP contribution >= 0.6 is 0 Å². The number of ether oxygens (including phenoxy) is 1. The minimum atomic E-state index is -0.400. The first kappa shape index (κ1) is 10.5. The van der Waals surface area contributed by atoms with E-state index < -0.39 is 5.60 Å². The van der Waals surface area contributed by atoms with Crippen molar-refractivity contribution in [3.05, 3.63) is 0 Å². The van der Waals surface area contributed by atoms with Gasteiger partial charge in [-0.3, -0.25) is 9.63 Å². The second-order valence-electron chi connectivity index (χ2n) is 3.82. The molecule has 0 atom stereocenters. The zero-order chi connectivity index (χ0) is 9.90. The Morgan fingerprint density at radius 1 is 1.62 bits per heavy atom. The van der Waals surface area contributed by atoms with E-state index in [0.717, 1.165) is 6.42 Å². The molecule has 0 aromatic rings. The van der Waals surface area contributed by atoms with Gasteiger partial charge in [-0.25, -0.2) is 5.06 Å². The van der Waals surface area contributed by atoms with Gasteiger partial charge in [0.25, 0.3) is 0 Å². The Balaban J connectivity index is 2.40. The molecule has 0 N–H and O–H groups in total. The van der Waals surface area contributed by atoms with E-state index in [1.807, 2.05) is 13.8 Å². The third kappa shape index (κ3) is 2.97. The fourth-order valence-electron chi connectivity index (χ4n) is 1.17. The molecule has 0 unspecified atom stereocenters. The van der Waals surface area contributed by atoms with Crippen molar-refractivity contribution in [1.82, 2.24) is 5.06 Å². The van der Waals surface area contributed by atoms with Crippen molar-refractivity contribution >= 4 is 5.91 Å². The van der Waals surface area contributed by atoms with Gasteiger partial charge in [0.15, 0.2) is 0 Å². The summed E-state index contributed by atoms with van der Waals surface area (Å²) in [6, 6.07) is 0. The highest BCUT2D eigenvalue weighted by Gasteiger charge is 2.27. The summed E-state index contributed by atoms with van der Waals surface area (Å²) in [6.07, 6.45) is 1.29. The average Bonchev–Trinajstić information content (AvgIpc) is 2.55. The maximum atomic E-state index is 11.5. The lowest BCUT2D eigenvalue weighted by molar-refractivity contribution is -0.173. The van der Waals surface area contributed by atoms with Crippen LogP contribution in [-0.4, -0.2) is 36.8 Å². The van der Waals surface area contributed by atoms with Crippen LogP contribution in [0, 0.1) is 0 Å². The molecule has 13 heavy (non-hydrogen) atoms. The van der Waals surface area contributed by atoms with Gasteiger partial charge in [-0.05, 0) is 20.3 Å². The van der Waals surface area contributed by atoms with Gasteiger partial charge < -0.3 is 4.74 Å². The second kappa shape index (κ2) is 4.07. The van der Waals surface area contributed by atoms with E-state index >= 15 is 0 Å². The number of amides is 1. The minimum Gasteiger partial charge on any atom is -0.378 e. The summed E-state index contributed by atoms with van der Waals surface area (Å²) in [5, 5.41) is 1.43. The van der Waals surface area contributed by atoms with E-state index in [4.69, 9.17) is 9.57 Å². The molecular weight excluding hydrogens is 170 g/mol. The zero-order valence-electron chi connectivity index (χ0n) is 8.50. The highest BCUT2D eigenvalue weighted by molar-refractivity contribution is 5.76. The second-order valence-corrected chi connectivity index (χ2v) is 3.82. The predicted molar refractivity (Wildman–Crippen MR) is 48.0 cm³/mol. The number of methoxy groups -OCH3 is 1. The summed E-state index contributed by atoms with van der Waals surface area (Å²) in [5.41, 5.74) is -0.400. The van der Waals surface area contributed by atoms with Crippen LogP contribution in [0.15, 0.2) is 0 Å². The van der Waals surface area contributed by atoms with E-state index in [2.05, 4.69) is 0 Å². The van der Waals surface area contributed by atoms with Crippen LogP contribution in [0.5, 0.6) is 0 Å². The third-order valence-electron chi connectivity index (χ3n) is 2.16. The molecule has 1 amide bonds. The molecule has 0 aromatic heterocycles. The zero-order valence-corrected chi connectivity index (χ0v) is 8.50. The summed E-state index contributed by atoms with van der Waals surface area (Å²) < 4.78 is 5.16. The summed E-state index contributed by atoms with van der Waals surface area (Å²) in [7, 11) is 1.61. The van der Waals surface area contributed by atoms with E-state index in [0.29, 0.717) is 19.6 Å². The molecule has 1 aliphatic rings. The fourth-order valence-corrected chi connectivity index (χ4v) is 1.17. The van der Waals surface area contributed by atoms with Crippen LogP contribution in [0.2, 0.25) is 0 Å². The standard InChI is InChI=1S/C9H17NO3/c1-9(2,12-3)7-8(11)10-5-4-6-13-10/h4-7H2,1-3H3. The molecule has 0 spiro atoms. The maximum Gasteiger partial charge on any atom is 0.248 e. The molecule has 0 bridgehead atoms. The van der Waals surface area contributed by atoms with Crippen LogP contribution in [0.1, 0.15) is 26.7 Å². The summed E-state index contributed by atoms with van der Waals surface area (Å²) in [6.45, 7) is 5.14. The molecule has 1 fully saturated rings. The highest BCUT2D eigenvalue weighted by Crippen LogP contribution is 2.16. The van der Waals surface area contributed by atoms with Crippen LogP contribution in [0.3, 0.4) is 0 Å². The first-order chi connectivity index (χ1) is 6.05. The van der Waals surface area contributed by atoms with Gasteiger partial charge in [-0.2, -0.15) is 0 Å². The normalized spacial score (nSPS) is 17.9. The summed E-state index contributed by atoms with van der Waals surface area (Å²) in [4.78, 5) is 16.7. The first-order valence-corrected chi connectivity index (χ1v) is 4.53. The van der Waals surface area contributed by atoms with Gasteiger partial charge in [0, 0.05) is 7.11 Å². The van der Waals surface area contributed by atoms with Gasteiger partial charge in [0.1, 0.15) is 0 Å². The number of hydroxylamine groups is 2. The highest BCUT2D eigenvalue weighted by atomic mass is 16.7. The van der Waals surface area contributed by atoms with Gasteiger partial charge in [0.2, 0.25) is 5.91 Å². The molecule has 1 heterocycles. The van der Waals surface area contributed by atoms with Gasteiger partial charge in [-0.1, -0.05) is 0 Å². The number of carbonyl (C=O) groups excluding carboxylic acids is 1. The number of rotatable bonds is 3. The topological polar surface area (TPSA) is 38.8 Å². The lowest BCUT2D eigenvalue weighted by Crippen LogP contribution is -2.35. The van der Waals surface area contributed by atoms with Crippen molar-refractivity contribution in [3.63, 3.8) is 0 Å². The van der Waals surface area contributed by atoms with E-state index in [1.165, 1.54) is 5.06 Å². The number of carbonyl (C=O) groups is 1. The van der Waals surface area contributed by atoms with Crippen LogP contribution in [0.4, 0.5) is 0 Å². The number of nitrogens with zero attached hydrogens (tertiary/aromatic N) is 1. The summed E-state index contributed by atoms with van der Waals surface area (Å²) >= 11 is 0. The molecule has 4 nitrogen and oxygen atoms in total.